The van der Waals surface area contributed by atoms with Gasteiger partial charge in [0.2, 0.25) is 0 Å². The van der Waals surface area contributed by atoms with Crippen molar-refractivity contribution in [2.24, 2.45) is 0 Å². The molecule has 4 rings (SSSR count). The van der Waals surface area contributed by atoms with E-state index in [0.717, 1.165) is 37.5 Å². The van der Waals surface area contributed by atoms with Crippen LogP contribution in [-0.2, 0) is 0 Å². The van der Waals surface area contributed by atoms with E-state index in [1.54, 1.807) is 0 Å². The minimum absolute atomic E-state index is 0.641. The number of fused-ring (bicyclic) bond motifs is 3. The molecule has 1 aromatic heterocycles. The Balaban J connectivity index is 2.14. The van der Waals surface area contributed by atoms with Crippen LogP contribution in [0.1, 0.15) is 0 Å². The summed E-state index contributed by atoms with van der Waals surface area (Å²) < 4.78 is 6.99. The third-order valence-electron chi connectivity index (χ3n) is 3.63. The predicted molar refractivity (Wildman–Crippen MR) is 91.9 cm³/mol. The zero-order valence-corrected chi connectivity index (χ0v) is 13.3. The van der Waals surface area contributed by atoms with Gasteiger partial charge in [0.05, 0.1) is 5.02 Å². The lowest BCUT2D eigenvalue weighted by Gasteiger charge is -2.05. The highest BCUT2D eigenvalue weighted by Crippen LogP contribution is 2.39. The molecule has 0 atom stereocenters. The summed E-state index contributed by atoms with van der Waals surface area (Å²) in [4.78, 5) is 0. The predicted octanol–water partition coefficient (Wildman–Crippen LogP) is 6.67. The molecule has 0 N–H and O–H groups in total. The second-order valence-corrected chi connectivity index (χ2v) is 6.23. The molecule has 3 aromatic carbocycles. The van der Waals surface area contributed by atoms with E-state index < -0.39 is 0 Å². The minimum atomic E-state index is 0.641. The Bertz CT molecular complexity index is 954. The van der Waals surface area contributed by atoms with Gasteiger partial charge in [0.15, 0.2) is 5.58 Å². The van der Waals surface area contributed by atoms with Crippen LogP contribution in [0.4, 0.5) is 0 Å². The zero-order valence-electron chi connectivity index (χ0n) is 10.9. The van der Waals surface area contributed by atoms with Gasteiger partial charge in [-0.2, -0.15) is 0 Å². The molecular weight excluding hydrogens is 348 g/mol. The van der Waals surface area contributed by atoms with Crippen molar-refractivity contribution >= 4 is 49.5 Å². The molecule has 0 saturated carbocycles. The van der Waals surface area contributed by atoms with Gasteiger partial charge in [-0.1, -0.05) is 63.9 Å². The summed E-state index contributed by atoms with van der Waals surface area (Å²) in [7, 11) is 0. The van der Waals surface area contributed by atoms with Gasteiger partial charge < -0.3 is 4.42 Å². The number of halogens is 2. The van der Waals surface area contributed by atoms with Crippen LogP contribution in [0.3, 0.4) is 0 Å². The standard InChI is InChI=1S/C18H10BrClO/c19-12-7-5-11(6-8-12)13-9-10-15(20)18-17(13)14-3-1-2-4-16(14)21-18/h1-10H. The fraction of sp³-hybridized carbons (Fsp3) is 0. The van der Waals surface area contributed by atoms with Crippen molar-refractivity contribution in [2.75, 3.05) is 0 Å². The molecular formula is C18H10BrClO. The number of hydrogen-bond donors (Lipinski definition) is 0. The molecule has 3 heteroatoms. The molecule has 0 fully saturated rings. The van der Waals surface area contributed by atoms with Crippen LogP contribution >= 0.6 is 27.5 Å². The molecule has 0 saturated heterocycles. The van der Waals surface area contributed by atoms with Crippen molar-refractivity contribution in [1.82, 2.24) is 0 Å². The first-order valence-electron chi connectivity index (χ1n) is 6.60. The molecule has 0 spiro atoms. The third-order valence-corrected chi connectivity index (χ3v) is 4.46. The average molecular weight is 358 g/mol. The number of para-hydroxylation sites is 1. The second-order valence-electron chi connectivity index (χ2n) is 4.90. The zero-order chi connectivity index (χ0) is 14.4. The van der Waals surface area contributed by atoms with E-state index in [4.69, 9.17) is 16.0 Å². The van der Waals surface area contributed by atoms with E-state index in [2.05, 4.69) is 40.2 Å². The Morgan fingerprint density at radius 3 is 2.43 bits per heavy atom. The number of furan rings is 1. The van der Waals surface area contributed by atoms with E-state index in [9.17, 15) is 0 Å². The largest absolute Gasteiger partial charge is 0.454 e. The molecule has 0 aliphatic heterocycles. The third kappa shape index (κ3) is 2.06. The normalized spacial score (nSPS) is 11.3. The van der Waals surface area contributed by atoms with Gasteiger partial charge in [0.1, 0.15) is 5.58 Å². The summed E-state index contributed by atoms with van der Waals surface area (Å²) in [6, 6.07) is 20.2. The maximum absolute atomic E-state index is 6.31. The maximum atomic E-state index is 6.31. The molecule has 0 unspecified atom stereocenters. The average Bonchev–Trinajstić information content (AvgIpc) is 2.90. The molecule has 4 aromatic rings. The van der Waals surface area contributed by atoms with Crippen molar-refractivity contribution in [2.45, 2.75) is 0 Å². The quantitative estimate of drug-likeness (QED) is 0.371. The summed E-state index contributed by atoms with van der Waals surface area (Å²) in [5.41, 5.74) is 3.88. The number of hydrogen-bond acceptors (Lipinski definition) is 1. The van der Waals surface area contributed by atoms with Crippen molar-refractivity contribution in [3.8, 4) is 11.1 Å². The van der Waals surface area contributed by atoms with Crippen LogP contribution < -0.4 is 0 Å². The van der Waals surface area contributed by atoms with Gasteiger partial charge in [-0.05, 0) is 35.4 Å². The van der Waals surface area contributed by atoms with E-state index in [1.807, 2.05) is 36.4 Å². The Hall–Kier alpha value is -1.77. The molecule has 0 amide bonds. The van der Waals surface area contributed by atoms with E-state index >= 15 is 0 Å². The Morgan fingerprint density at radius 1 is 0.857 bits per heavy atom. The molecule has 0 radical (unpaired) electrons. The van der Waals surface area contributed by atoms with Gasteiger partial charge in [-0.15, -0.1) is 0 Å². The van der Waals surface area contributed by atoms with Crippen LogP contribution in [-0.4, -0.2) is 0 Å². The van der Waals surface area contributed by atoms with Crippen LogP contribution in [0.5, 0.6) is 0 Å². The first-order valence-corrected chi connectivity index (χ1v) is 7.77. The van der Waals surface area contributed by atoms with Crippen molar-refractivity contribution in [3.05, 3.63) is 70.2 Å². The number of benzene rings is 3. The van der Waals surface area contributed by atoms with E-state index in [-0.39, 0.29) is 0 Å². The maximum Gasteiger partial charge on any atom is 0.154 e. The topological polar surface area (TPSA) is 13.1 Å². The first-order chi connectivity index (χ1) is 10.2. The van der Waals surface area contributed by atoms with Crippen LogP contribution in [0, 0.1) is 0 Å². The Morgan fingerprint density at radius 2 is 1.62 bits per heavy atom. The second kappa shape index (κ2) is 4.90. The van der Waals surface area contributed by atoms with Crippen LogP contribution in [0.25, 0.3) is 33.1 Å². The highest BCUT2D eigenvalue weighted by atomic mass is 79.9. The van der Waals surface area contributed by atoms with Crippen molar-refractivity contribution in [1.29, 1.82) is 0 Å². The number of rotatable bonds is 1. The Kier molecular flexibility index (Phi) is 3.02. The molecule has 0 aliphatic carbocycles. The fourth-order valence-electron chi connectivity index (χ4n) is 2.67. The molecule has 102 valence electrons. The van der Waals surface area contributed by atoms with Crippen molar-refractivity contribution < 1.29 is 4.42 Å². The molecule has 1 heterocycles. The van der Waals surface area contributed by atoms with Crippen LogP contribution in [0.15, 0.2) is 69.6 Å². The summed E-state index contributed by atoms with van der Waals surface area (Å²) in [6.07, 6.45) is 0. The summed E-state index contributed by atoms with van der Waals surface area (Å²) in [5.74, 6) is 0. The minimum Gasteiger partial charge on any atom is -0.454 e. The fourth-order valence-corrected chi connectivity index (χ4v) is 3.13. The molecule has 0 aliphatic rings. The van der Waals surface area contributed by atoms with E-state index in [1.165, 1.54) is 0 Å². The summed E-state index contributed by atoms with van der Waals surface area (Å²) >= 11 is 9.78. The lowest BCUT2D eigenvalue weighted by Crippen LogP contribution is -1.80. The van der Waals surface area contributed by atoms with Crippen LogP contribution in [0.2, 0.25) is 5.02 Å². The van der Waals surface area contributed by atoms with Gasteiger partial charge >= 0.3 is 0 Å². The SMILES string of the molecule is Clc1ccc(-c2ccc(Br)cc2)c2c1oc1ccccc12. The summed E-state index contributed by atoms with van der Waals surface area (Å²) in [5, 5.41) is 2.80. The highest BCUT2D eigenvalue weighted by Gasteiger charge is 2.14. The summed E-state index contributed by atoms with van der Waals surface area (Å²) in [6.45, 7) is 0. The first kappa shape index (κ1) is 12.9. The van der Waals surface area contributed by atoms with Crippen molar-refractivity contribution in [3.63, 3.8) is 0 Å². The lowest BCUT2D eigenvalue weighted by atomic mass is 9.99. The molecule has 21 heavy (non-hydrogen) atoms. The van der Waals surface area contributed by atoms with Gasteiger partial charge in [-0.25, -0.2) is 0 Å². The van der Waals surface area contributed by atoms with Gasteiger partial charge in [0.25, 0.3) is 0 Å². The highest BCUT2D eigenvalue weighted by molar-refractivity contribution is 9.10. The molecule has 0 bridgehead atoms. The van der Waals surface area contributed by atoms with E-state index in [0.29, 0.717) is 5.02 Å². The van der Waals surface area contributed by atoms with Gasteiger partial charge in [0, 0.05) is 15.2 Å². The lowest BCUT2D eigenvalue weighted by molar-refractivity contribution is 0.669. The molecule has 1 nitrogen and oxygen atoms in total. The van der Waals surface area contributed by atoms with Gasteiger partial charge in [-0.3, -0.25) is 0 Å². The Labute approximate surface area is 135 Å². The monoisotopic (exact) mass is 356 g/mol. The smallest absolute Gasteiger partial charge is 0.154 e.